The molecule has 0 aliphatic rings. The van der Waals surface area contributed by atoms with Gasteiger partial charge in [0.05, 0.1) is 5.56 Å². The molecule has 0 saturated heterocycles. The third kappa shape index (κ3) is 1.32. The predicted octanol–water partition coefficient (Wildman–Crippen LogP) is 0.626. The molecule has 0 aliphatic heterocycles. The molecule has 0 aromatic heterocycles. The molecule has 1 rings (SSSR count). The molecule has 1 aromatic rings. The van der Waals surface area contributed by atoms with E-state index in [1.807, 2.05) is 0 Å². The molecule has 12 heavy (non-hydrogen) atoms. The third-order valence-corrected chi connectivity index (χ3v) is 1.66. The van der Waals surface area contributed by atoms with Crippen LogP contribution in [0, 0.1) is 12.7 Å². The first kappa shape index (κ1) is 8.78. The first-order valence-electron chi connectivity index (χ1n) is 3.32. The number of hydrogen-bond donors (Lipinski definition) is 1. The van der Waals surface area contributed by atoms with Gasteiger partial charge in [0, 0.05) is 0 Å². The largest absolute Gasteiger partial charge is 0.478 e. The lowest BCUT2D eigenvalue weighted by Gasteiger charge is -2.03. The molecule has 0 fully saturated rings. The first-order valence-corrected chi connectivity index (χ1v) is 3.32. The molecular formula is C8H6BFO2. The Balaban J connectivity index is 3.36. The predicted molar refractivity (Wildman–Crippen MR) is 43.5 cm³/mol. The summed E-state index contributed by atoms with van der Waals surface area (Å²) < 4.78 is 13.1. The second kappa shape index (κ2) is 2.97. The lowest BCUT2D eigenvalue weighted by atomic mass is 9.89. The maximum atomic E-state index is 13.1. The van der Waals surface area contributed by atoms with Crippen molar-refractivity contribution in [1.82, 2.24) is 0 Å². The Morgan fingerprint density at radius 2 is 2.17 bits per heavy atom. The highest BCUT2D eigenvalue weighted by Gasteiger charge is 2.12. The zero-order chi connectivity index (χ0) is 9.30. The van der Waals surface area contributed by atoms with E-state index >= 15 is 0 Å². The van der Waals surface area contributed by atoms with Gasteiger partial charge in [-0.3, -0.25) is 0 Å². The molecule has 0 heterocycles. The van der Waals surface area contributed by atoms with Crippen molar-refractivity contribution >= 4 is 19.3 Å². The van der Waals surface area contributed by atoms with Gasteiger partial charge in [0.1, 0.15) is 13.7 Å². The summed E-state index contributed by atoms with van der Waals surface area (Å²) in [4.78, 5) is 10.4. The normalized spacial score (nSPS) is 9.83. The summed E-state index contributed by atoms with van der Waals surface area (Å²) in [6.45, 7) is 1.44. The van der Waals surface area contributed by atoms with Crippen LogP contribution in [0.4, 0.5) is 4.39 Å². The summed E-state index contributed by atoms with van der Waals surface area (Å²) in [7, 11) is 5.36. The summed E-state index contributed by atoms with van der Waals surface area (Å²) >= 11 is 0. The maximum absolute atomic E-state index is 13.1. The van der Waals surface area contributed by atoms with Gasteiger partial charge in [0.15, 0.2) is 0 Å². The van der Waals surface area contributed by atoms with Crippen LogP contribution in [0.3, 0.4) is 0 Å². The molecule has 0 spiro atoms. The molecule has 1 N–H and O–H groups in total. The minimum atomic E-state index is -1.28. The number of carboxylic acids is 1. The van der Waals surface area contributed by atoms with Crippen LogP contribution in [0.2, 0.25) is 0 Å². The van der Waals surface area contributed by atoms with Crippen molar-refractivity contribution in [3.63, 3.8) is 0 Å². The zero-order valence-electron chi connectivity index (χ0n) is 6.47. The molecular weight excluding hydrogens is 158 g/mol. The average Bonchev–Trinajstić information content (AvgIpc) is 2.00. The van der Waals surface area contributed by atoms with E-state index in [0.29, 0.717) is 0 Å². The summed E-state index contributed by atoms with van der Waals surface area (Å²) in [5.41, 5.74) is 0.0918. The first-order chi connectivity index (χ1) is 5.54. The molecule has 0 aliphatic carbocycles. The maximum Gasteiger partial charge on any atom is 0.338 e. The second-order valence-corrected chi connectivity index (χ2v) is 2.45. The van der Waals surface area contributed by atoms with Gasteiger partial charge in [-0.15, -0.1) is 0 Å². The highest BCUT2D eigenvalue weighted by Crippen LogP contribution is 2.09. The van der Waals surface area contributed by atoms with Crippen LogP contribution in [-0.4, -0.2) is 18.9 Å². The van der Waals surface area contributed by atoms with Gasteiger partial charge in [0.25, 0.3) is 0 Å². The summed E-state index contributed by atoms with van der Waals surface area (Å²) in [5, 5.41) is 8.50. The molecule has 1 aromatic carbocycles. The Hall–Kier alpha value is -1.32. The van der Waals surface area contributed by atoms with E-state index in [0.717, 1.165) is 6.07 Å². The van der Waals surface area contributed by atoms with Crippen LogP contribution in [0.5, 0.6) is 0 Å². The van der Waals surface area contributed by atoms with Gasteiger partial charge >= 0.3 is 5.97 Å². The van der Waals surface area contributed by atoms with Gasteiger partial charge in [-0.25, -0.2) is 9.18 Å². The Bertz CT molecular complexity index is 336. The minimum absolute atomic E-state index is 0.176. The third-order valence-electron chi connectivity index (χ3n) is 1.66. The van der Waals surface area contributed by atoms with E-state index in [1.165, 1.54) is 13.0 Å². The monoisotopic (exact) mass is 164 g/mol. The number of aromatic carboxylic acids is 1. The molecule has 4 heteroatoms. The van der Waals surface area contributed by atoms with Crippen molar-refractivity contribution in [2.75, 3.05) is 0 Å². The van der Waals surface area contributed by atoms with Crippen molar-refractivity contribution in [3.05, 3.63) is 29.1 Å². The highest BCUT2D eigenvalue weighted by molar-refractivity contribution is 6.33. The zero-order valence-corrected chi connectivity index (χ0v) is 6.47. The standard InChI is InChI=1S/C8H6BFO2/c1-4-6(9)3-2-5(7(4)10)8(11)12/h2-3H,1H3,(H,11,12). The van der Waals surface area contributed by atoms with Gasteiger partial charge in [-0.2, -0.15) is 0 Å². The average molecular weight is 164 g/mol. The van der Waals surface area contributed by atoms with Crippen molar-refractivity contribution in [2.24, 2.45) is 0 Å². The van der Waals surface area contributed by atoms with Gasteiger partial charge < -0.3 is 5.11 Å². The van der Waals surface area contributed by atoms with E-state index in [2.05, 4.69) is 0 Å². The fourth-order valence-electron chi connectivity index (χ4n) is 0.865. The number of carboxylic acid groups (broad SMARTS) is 1. The number of hydrogen-bond acceptors (Lipinski definition) is 1. The smallest absolute Gasteiger partial charge is 0.338 e. The van der Waals surface area contributed by atoms with Crippen LogP contribution >= 0.6 is 0 Å². The van der Waals surface area contributed by atoms with Crippen LogP contribution < -0.4 is 5.46 Å². The molecule has 0 unspecified atom stereocenters. The van der Waals surface area contributed by atoms with Gasteiger partial charge in [-0.1, -0.05) is 11.5 Å². The number of rotatable bonds is 1. The van der Waals surface area contributed by atoms with E-state index in [-0.39, 0.29) is 16.6 Å². The topological polar surface area (TPSA) is 37.3 Å². The lowest BCUT2D eigenvalue weighted by molar-refractivity contribution is 0.0691. The quantitative estimate of drug-likeness (QED) is 0.617. The van der Waals surface area contributed by atoms with E-state index < -0.39 is 11.8 Å². The van der Waals surface area contributed by atoms with E-state index in [9.17, 15) is 9.18 Å². The van der Waals surface area contributed by atoms with Crippen molar-refractivity contribution < 1.29 is 14.3 Å². The summed E-state index contributed by atoms with van der Waals surface area (Å²) in [5.74, 6) is -2.04. The lowest BCUT2D eigenvalue weighted by Crippen LogP contribution is -2.13. The number of benzene rings is 1. The SMILES string of the molecule is [B]c1ccc(C(=O)O)c(F)c1C. The Morgan fingerprint density at radius 1 is 1.58 bits per heavy atom. The van der Waals surface area contributed by atoms with Crippen LogP contribution in [-0.2, 0) is 0 Å². The molecule has 0 saturated carbocycles. The fraction of sp³-hybridized carbons (Fsp3) is 0.125. The van der Waals surface area contributed by atoms with Crippen molar-refractivity contribution in [3.8, 4) is 0 Å². The Kier molecular flexibility index (Phi) is 2.17. The molecule has 60 valence electrons. The number of halogens is 1. The second-order valence-electron chi connectivity index (χ2n) is 2.45. The summed E-state index contributed by atoms with van der Waals surface area (Å²) in [6.07, 6.45) is 0. The minimum Gasteiger partial charge on any atom is -0.478 e. The molecule has 0 amide bonds. The fourth-order valence-corrected chi connectivity index (χ4v) is 0.865. The Morgan fingerprint density at radius 3 is 2.67 bits per heavy atom. The van der Waals surface area contributed by atoms with E-state index in [1.54, 1.807) is 0 Å². The molecule has 0 bridgehead atoms. The van der Waals surface area contributed by atoms with Crippen molar-refractivity contribution in [1.29, 1.82) is 0 Å². The highest BCUT2D eigenvalue weighted by atomic mass is 19.1. The molecule has 2 radical (unpaired) electrons. The van der Waals surface area contributed by atoms with Crippen LogP contribution in [0.1, 0.15) is 15.9 Å². The summed E-state index contributed by atoms with van der Waals surface area (Å²) in [6, 6.07) is 2.53. The Labute approximate surface area is 70.4 Å². The molecule has 0 atom stereocenters. The van der Waals surface area contributed by atoms with Crippen LogP contribution in [0.25, 0.3) is 0 Å². The molecule has 2 nitrogen and oxygen atoms in total. The van der Waals surface area contributed by atoms with E-state index in [4.69, 9.17) is 13.0 Å². The van der Waals surface area contributed by atoms with Gasteiger partial charge in [-0.05, 0) is 18.6 Å². The van der Waals surface area contributed by atoms with Crippen LogP contribution in [0.15, 0.2) is 12.1 Å². The number of carbonyl (C=O) groups is 1. The van der Waals surface area contributed by atoms with Gasteiger partial charge in [0.2, 0.25) is 0 Å². The van der Waals surface area contributed by atoms with Crippen molar-refractivity contribution in [2.45, 2.75) is 6.92 Å².